The Morgan fingerprint density at radius 1 is 0.577 bits per heavy atom. The molecule has 0 N–H and O–H groups in total. The summed E-state index contributed by atoms with van der Waals surface area (Å²) in [5, 5.41) is 1.13. The van der Waals surface area contributed by atoms with Gasteiger partial charge in [0.25, 0.3) is 0 Å². The number of ether oxygens (including phenoxy) is 4. The van der Waals surface area contributed by atoms with Gasteiger partial charge in [-0.3, -0.25) is 0 Å². The fraction of sp³-hybridized carbons (Fsp3) is 0.714. The highest BCUT2D eigenvalue weighted by molar-refractivity contribution is 9.09. The molecule has 1 aromatic rings. The maximum absolute atomic E-state index is 5.66. The van der Waals surface area contributed by atoms with E-state index in [1.807, 2.05) is 0 Å². The van der Waals surface area contributed by atoms with Crippen LogP contribution in [0.15, 0.2) is 0 Å². The zero-order chi connectivity index (χ0) is 19.4. The molecular weight excluding hydrogens is 396 g/mol. The van der Waals surface area contributed by atoms with Crippen molar-refractivity contribution >= 4 is 15.9 Å². The Kier molecular flexibility index (Phi) is 11.6. The number of rotatable bonds is 14. The molecular formula is C21H35BrO4. The van der Waals surface area contributed by atoms with E-state index in [0.29, 0.717) is 11.5 Å². The summed E-state index contributed by atoms with van der Waals surface area (Å²) in [6.07, 6.45) is 11.3. The Hall–Kier alpha value is -1.10. The molecule has 0 saturated heterocycles. The minimum absolute atomic E-state index is 0.594. The SMILES string of the molecule is COc1c(C)c(CCCCCCCCCCBr)c(OC)c(OC)c1OC. The molecule has 0 aliphatic heterocycles. The lowest BCUT2D eigenvalue weighted by Gasteiger charge is -2.21. The van der Waals surface area contributed by atoms with Crippen LogP contribution in [0.4, 0.5) is 0 Å². The van der Waals surface area contributed by atoms with Crippen LogP contribution >= 0.6 is 15.9 Å². The first-order valence-corrected chi connectivity index (χ1v) is 10.7. The minimum atomic E-state index is 0.594. The second-order valence-corrected chi connectivity index (χ2v) is 7.30. The molecule has 0 aliphatic rings. The summed E-state index contributed by atoms with van der Waals surface area (Å²) < 4.78 is 22.3. The largest absolute Gasteiger partial charge is 0.492 e. The van der Waals surface area contributed by atoms with Crippen LogP contribution in [0.3, 0.4) is 0 Å². The summed E-state index contributed by atoms with van der Waals surface area (Å²) >= 11 is 3.49. The molecule has 0 heterocycles. The van der Waals surface area contributed by atoms with Crippen LogP contribution < -0.4 is 18.9 Å². The first-order valence-electron chi connectivity index (χ1n) is 9.57. The molecule has 1 rings (SSSR count). The molecule has 0 radical (unpaired) electrons. The quantitative estimate of drug-likeness (QED) is 0.264. The lowest BCUT2D eigenvalue weighted by Crippen LogP contribution is -2.05. The lowest BCUT2D eigenvalue weighted by molar-refractivity contribution is 0.302. The molecule has 0 saturated carbocycles. The summed E-state index contributed by atoms with van der Waals surface area (Å²) in [4.78, 5) is 0. The second kappa shape index (κ2) is 13.1. The smallest absolute Gasteiger partial charge is 0.207 e. The Morgan fingerprint density at radius 3 is 1.46 bits per heavy atom. The molecule has 0 amide bonds. The summed E-state index contributed by atoms with van der Waals surface area (Å²) in [5.74, 6) is 2.69. The zero-order valence-corrected chi connectivity index (χ0v) is 18.7. The average Bonchev–Trinajstić information content (AvgIpc) is 2.66. The Balaban J connectivity index is 2.68. The monoisotopic (exact) mass is 430 g/mol. The third-order valence-corrected chi connectivity index (χ3v) is 5.37. The van der Waals surface area contributed by atoms with E-state index in [4.69, 9.17) is 18.9 Å². The van der Waals surface area contributed by atoms with Crippen LogP contribution in [0.25, 0.3) is 0 Å². The van der Waals surface area contributed by atoms with Crippen molar-refractivity contribution in [3.8, 4) is 23.0 Å². The van der Waals surface area contributed by atoms with E-state index in [2.05, 4.69) is 22.9 Å². The predicted molar refractivity (Wildman–Crippen MR) is 112 cm³/mol. The van der Waals surface area contributed by atoms with Crippen LogP contribution in [-0.2, 0) is 6.42 Å². The molecule has 0 aromatic heterocycles. The van der Waals surface area contributed by atoms with E-state index in [1.54, 1.807) is 28.4 Å². The highest BCUT2D eigenvalue weighted by Crippen LogP contribution is 2.49. The number of hydrogen-bond acceptors (Lipinski definition) is 4. The van der Waals surface area contributed by atoms with Gasteiger partial charge in [-0.05, 0) is 26.2 Å². The number of benzene rings is 1. The molecule has 0 fully saturated rings. The van der Waals surface area contributed by atoms with Crippen molar-refractivity contribution in [1.29, 1.82) is 0 Å². The fourth-order valence-corrected chi connectivity index (χ4v) is 3.81. The van der Waals surface area contributed by atoms with Gasteiger partial charge in [0, 0.05) is 16.5 Å². The highest BCUT2D eigenvalue weighted by atomic mass is 79.9. The molecule has 26 heavy (non-hydrogen) atoms. The van der Waals surface area contributed by atoms with Crippen LogP contribution in [0.1, 0.15) is 62.5 Å². The maximum Gasteiger partial charge on any atom is 0.207 e. The normalized spacial score (nSPS) is 10.7. The van der Waals surface area contributed by atoms with E-state index in [-0.39, 0.29) is 0 Å². The third-order valence-electron chi connectivity index (χ3n) is 4.81. The van der Waals surface area contributed by atoms with Gasteiger partial charge in [0.15, 0.2) is 11.5 Å². The minimum Gasteiger partial charge on any atom is -0.492 e. The topological polar surface area (TPSA) is 36.9 Å². The standard InChI is InChI=1S/C21H35BrO4/c1-16-17(14-12-10-8-6-7-9-11-13-15-22)19(24-3)21(26-5)20(25-4)18(16)23-2/h6-15H2,1-5H3. The van der Waals surface area contributed by atoms with Crippen molar-refractivity contribution < 1.29 is 18.9 Å². The third kappa shape index (κ3) is 6.26. The number of unbranched alkanes of at least 4 members (excludes halogenated alkanes) is 7. The fourth-order valence-electron chi connectivity index (χ4n) is 3.41. The molecule has 1 aromatic carbocycles. The molecule has 0 bridgehead atoms. The van der Waals surface area contributed by atoms with Crippen LogP contribution in [-0.4, -0.2) is 33.8 Å². The highest BCUT2D eigenvalue weighted by Gasteiger charge is 2.24. The summed E-state index contributed by atoms with van der Waals surface area (Å²) in [6, 6.07) is 0. The predicted octanol–water partition coefficient (Wildman–Crippen LogP) is 6.09. The van der Waals surface area contributed by atoms with E-state index >= 15 is 0 Å². The van der Waals surface area contributed by atoms with Gasteiger partial charge in [0.1, 0.15) is 0 Å². The van der Waals surface area contributed by atoms with E-state index in [1.165, 1.54) is 44.9 Å². The van der Waals surface area contributed by atoms with Crippen molar-refractivity contribution in [3.63, 3.8) is 0 Å². The molecule has 5 heteroatoms. The Labute approximate surface area is 167 Å². The van der Waals surface area contributed by atoms with Crippen molar-refractivity contribution in [3.05, 3.63) is 11.1 Å². The van der Waals surface area contributed by atoms with Crippen LogP contribution in [0.5, 0.6) is 23.0 Å². The zero-order valence-electron chi connectivity index (χ0n) is 17.1. The van der Waals surface area contributed by atoms with Gasteiger partial charge in [-0.2, -0.15) is 0 Å². The summed E-state index contributed by atoms with van der Waals surface area (Å²) in [6.45, 7) is 2.06. The average molecular weight is 431 g/mol. The second-order valence-electron chi connectivity index (χ2n) is 6.50. The Morgan fingerprint density at radius 2 is 1.00 bits per heavy atom. The summed E-state index contributed by atoms with van der Waals surface area (Å²) in [7, 11) is 6.60. The first kappa shape index (κ1) is 22.9. The van der Waals surface area contributed by atoms with E-state index in [0.717, 1.165) is 40.8 Å². The molecule has 0 aliphatic carbocycles. The number of alkyl halides is 1. The van der Waals surface area contributed by atoms with Crippen molar-refractivity contribution in [1.82, 2.24) is 0 Å². The first-order chi connectivity index (χ1) is 12.7. The van der Waals surface area contributed by atoms with Gasteiger partial charge in [0.2, 0.25) is 11.5 Å². The van der Waals surface area contributed by atoms with Gasteiger partial charge >= 0.3 is 0 Å². The Bertz CT molecular complexity index is 531. The van der Waals surface area contributed by atoms with Crippen LogP contribution in [0.2, 0.25) is 0 Å². The summed E-state index contributed by atoms with van der Waals surface area (Å²) in [5.41, 5.74) is 2.22. The maximum atomic E-state index is 5.66. The number of halogens is 1. The molecule has 0 unspecified atom stereocenters. The molecule has 150 valence electrons. The van der Waals surface area contributed by atoms with Crippen molar-refractivity contribution in [2.45, 2.75) is 64.7 Å². The lowest BCUT2D eigenvalue weighted by atomic mass is 9.98. The van der Waals surface area contributed by atoms with Gasteiger partial charge in [-0.25, -0.2) is 0 Å². The van der Waals surface area contributed by atoms with Crippen LogP contribution in [0, 0.1) is 6.92 Å². The van der Waals surface area contributed by atoms with Gasteiger partial charge < -0.3 is 18.9 Å². The van der Waals surface area contributed by atoms with Crippen molar-refractivity contribution in [2.24, 2.45) is 0 Å². The molecule has 0 spiro atoms. The number of hydrogen-bond donors (Lipinski definition) is 0. The molecule has 4 nitrogen and oxygen atoms in total. The van der Waals surface area contributed by atoms with Crippen molar-refractivity contribution in [2.75, 3.05) is 33.8 Å². The van der Waals surface area contributed by atoms with E-state index in [9.17, 15) is 0 Å². The van der Waals surface area contributed by atoms with Gasteiger partial charge in [-0.15, -0.1) is 0 Å². The molecule has 0 atom stereocenters. The van der Waals surface area contributed by atoms with Gasteiger partial charge in [0.05, 0.1) is 28.4 Å². The number of methoxy groups -OCH3 is 4. The van der Waals surface area contributed by atoms with E-state index < -0.39 is 0 Å². The van der Waals surface area contributed by atoms with Gasteiger partial charge in [-0.1, -0.05) is 54.5 Å².